The Bertz CT molecular complexity index is 1100. The SMILES string of the molecule is CCC(C)NC(=O)C(Cc1ccccc1)N(Cc1ccc(C)cc1)C(=O)CSCc1ccc(Cl)cc1. The van der Waals surface area contributed by atoms with Gasteiger partial charge in [0.25, 0.3) is 0 Å². The van der Waals surface area contributed by atoms with Gasteiger partial charge in [0.1, 0.15) is 6.04 Å². The summed E-state index contributed by atoms with van der Waals surface area (Å²) in [4.78, 5) is 28.9. The van der Waals surface area contributed by atoms with Crippen molar-refractivity contribution in [2.24, 2.45) is 0 Å². The molecule has 0 spiro atoms. The molecule has 36 heavy (non-hydrogen) atoms. The van der Waals surface area contributed by atoms with Gasteiger partial charge in [-0.05, 0) is 49.1 Å². The van der Waals surface area contributed by atoms with Gasteiger partial charge < -0.3 is 10.2 Å². The van der Waals surface area contributed by atoms with Crippen LogP contribution in [0.25, 0.3) is 0 Å². The highest BCUT2D eigenvalue weighted by molar-refractivity contribution is 7.99. The molecule has 0 radical (unpaired) electrons. The van der Waals surface area contributed by atoms with Crippen LogP contribution in [0, 0.1) is 6.92 Å². The summed E-state index contributed by atoms with van der Waals surface area (Å²) in [7, 11) is 0. The maximum atomic E-state index is 13.7. The molecule has 4 nitrogen and oxygen atoms in total. The minimum atomic E-state index is -0.605. The first-order chi connectivity index (χ1) is 17.4. The number of aryl methyl sites for hydroxylation is 1. The van der Waals surface area contributed by atoms with Gasteiger partial charge in [-0.25, -0.2) is 0 Å². The van der Waals surface area contributed by atoms with E-state index in [0.29, 0.717) is 23.7 Å². The van der Waals surface area contributed by atoms with E-state index in [-0.39, 0.29) is 23.6 Å². The zero-order valence-electron chi connectivity index (χ0n) is 21.2. The molecule has 0 saturated heterocycles. The van der Waals surface area contributed by atoms with E-state index >= 15 is 0 Å². The summed E-state index contributed by atoms with van der Waals surface area (Å²) in [5.41, 5.74) is 4.30. The first-order valence-corrected chi connectivity index (χ1v) is 13.9. The van der Waals surface area contributed by atoms with Gasteiger partial charge in [0.05, 0.1) is 5.75 Å². The van der Waals surface area contributed by atoms with Crippen LogP contribution in [-0.4, -0.2) is 34.6 Å². The lowest BCUT2D eigenvalue weighted by atomic mass is 10.0. The first-order valence-electron chi connectivity index (χ1n) is 12.4. The van der Waals surface area contributed by atoms with E-state index in [9.17, 15) is 9.59 Å². The summed E-state index contributed by atoms with van der Waals surface area (Å²) in [6, 6.07) is 25.1. The highest BCUT2D eigenvalue weighted by atomic mass is 35.5. The molecule has 0 aromatic heterocycles. The average molecular weight is 523 g/mol. The molecule has 2 amide bonds. The van der Waals surface area contributed by atoms with E-state index in [1.54, 1.807) is 16.7 Å². The number of carbonyl (C=O) groups excluding carboxylic acids is 2. The summed E-state index contributed by atoms with van der Waals surface area (Å²) < 4.78 is 0. The van der Waals surface area contributed by atoms with Gasteiger partial charge >= 0.3 is 0 Å². The third kappa shape index (κ3) is 8.72. The third-order valence-electron chi connectivity index (χ3n) is 6.15. The predicted octanol–water partition coefficient (Wildman–Crippen LogP) is 6.44. The Hall–Kier alpha value is -2.76. The minimum Gasteiger partial charge on any atom is -0.352 e. The number of nitrogens with zero attached hydrogens (tertiary/aromatic N) is 1. The summed E-state index contributed by atoms with van der Waals surface area (Å²) in [5, 5.41) is 3.81. The number of carbonyl (C=O) groups is 2. The van der Waals surface area contributed by atoms with Crippen molar-refractivity contribution in [2.45, 2.75) is 58.0 Å². The molecule has 190 valence electrons. The predicted molar refractivity (Wildman–Crippen MR) is 151 cm³/mol. The number of benzene rings is 3. The average Bonchev–Trinajstić information content (AvgIpc) is 2.88. The Morgan fingerprint density at radius 3 is 2.19 bits per heavy atom. The van der Waals surface area contributed by atoms with Crippen LogP contribution < -0.4 is 5.32 Å². The molecule has 6 heteroatoms. The molecule has 0 saturated carbocycles. The fourth-order valence-corrected chi connectivity index (χ4v) is 4.80. The van der Waals surface area contributed by atoms with Crippen LogP contribution in [0.3, 0.4) is 0 Å². The maximum absolute atomic E-state index is 13.7. The molecule has 0 fully saturated rings. The summed E-state index contributed by atoms with van der Waals surface area (Å²) in [6.07, 6.45) is 1.29. The summed E-state index contributed by atoms with van der Waals surface area (Å²) in [5.74, 6) is 0.825. The Morgan fingerprint density at radius 2 is 1.56 bits per heavy atom. The lowest BCUT2D eigenvalue weighted by Crippen LogP contribution is -2.52. The normalized spacial score (nSPS) is 12.6. The number of rotatable bonds is 12. The van der Waals surface area contributed by atoms with Gasteiger partial charge in [-0.1, -0.05) is 90.8 Å². The molecular weight excluding hydrogens is 488 g/mol. The Kier molecular flexibility index (Phi) is 10.9. The molecule has 1 N–H and O–H groups in total. The van der Waals surface area contributed by atoms with Gasteiger partial charge in [-0.3, -0.25) is 9.59 Å². The van der Waals surface area contributed by atoms with Crippen LogP contribution in [0.15, 0.2) is 78.9 Å². The number of amides is 2. The molecule has 0 aliphatic heterocycles. The van der Waals surface area contributed by atoms with Crippen LogP contribution in [0.5, 0.6) is 0 Å². The van der Waals surface area contributed by atoms with Crippen molar-refractivity contribution in [1.29, 1.82) is 0 Å². The van der Waals surface area contributed by atoms with Crippen LogP contribution >= 0.6 is 23.4 Å². The van der Waals surface area contributed by atoms with E-state index in [1.165, 1.54) is 0 Å². The van der Waals surface area contributed by atoms with Crippen LogP contribution in [0.2, 0.25) is 5.02 Å². The zero-order valence-corrected chi connectivity index (χ0v) is 22.8. The third-order valence-corrected chi connectivity index (χ3v) is 7.39. The molecule has 2 atom stereocenters. The topological polar surface area (TPSA) is 49.4 Å². The molecule has 3 aromatic rings. The second kappa shape index (κ2) is 14.1. The lowest BCUT2D eigenvalue weighted by Gasteiger charge is -2.32. The number of thioether (sulfide) groups is 1. The Balaban J connectivity index is 1.84. The molecule has 2 unspecified atom stereocenters. The second-order valence-corrected chi connectivity index (χ2v) is 10.6. The molecule has 0 heterocycles. The molecule has 3 aromatic carbocycles. The van der Waals surface area contributed by atoms with Crippen LogP contribution in [-0.2, 0) is 28.3 Å². The highest BCUT2D eigenvalue weighted by Crippen LogP contribution is 2.20. The van der Waals surface area contributed by atoms with Crippen molar-refractivity contribution in [3.8, 4) is 0 Å². The Morgan fingerprint density at radius 1 is 0.917 bits per heavy atom. The van der Waals surface area contributed by atoms with Crippen molar-refractivity contribution in [2.75, 3.05) is 5.75 Å². The van der Waals surface area contributed by atoms with Crippen molar-refractivity contribution < 1.29 is 9.59 Å². The van der Waals surface area contributed by atoms with Gasteiger partial charge in [0, 0.05) is 29.8 Å². The smallest absolute Gasteiger partial charge is 0.243 e. The fourth-order valence-electron chi connectivity index (χ4n) is 3.80. The molecule has 0 bridgehead atoms. The molecular formula is C30H35ClN2O2S. The van der Waals surface area contributed by atoms with Crippen LogP contribution in [0.4, 0.5) is 0 Å². The minimum absolute atomic E-state index is 0.0337. The quantitative estimate of drug-likeness (QED) is 0.298. The van der Waals surface area contributed by atoms with E-state index in [2.05, 4.69) is 5.32 Å². The number of nitrogens with one attached hydrogen (secondary N) is 1. The first kappa shape index (κ1) is 27.8. The number of hydrogen-bond donors (Lipinski definition) is 1. The molecule has 0 aliphatic rings. The Labute approximate surface area is 224 Å². The van der Waals surface area contributed by atoms with Crippen molar-refractivity contribution in [3.05, 3.63) is 106 Å². The fraction of sp³-hybridized carbons (Fsp3) is 0.333. The highest BCUT2D eigenvalue weighted by Gasteiger charge is 2.30. The largest absolute Gasteiger partial charge is 0.352 e. The monoisotopic (exact) mass is 522 g/mol. The summed E-state index contributed by atoms with van der Waals surface area (Å²) >= 11 is 7.55. The molecule has 3 rings (SSSR count). The van der Waals surface area contributed by atoms with Crippen molar-refractivity contribution >= 4 is 35.2 Å². The van der Waals surface area contributed by atoms with Gasteiger partial charge in [0.15, 0.2) is 0 Å². The van der Waals surface area contributed by atoms with Crippen LogP contribution in [0.1, 0.15) is 42.5 Å². The standard InChI is InChI=1S/C30H35ClN2O2S/c1-4-23(3)32-30(35)28(18-24-8-6-5-7-9-24)33(19-25-12-10-22(2)11-13-25)29(34)21-36-20-26-14-16-27(31)17-15-26/h5-17,23,28H,4,18-21H2,1-3H3,(H,32,35). The second-order valence-electron chi connectivity index (χ2n) is 9.15. The van der Waals surface area contributed by atoms with Gasteiger partial charge in [-0.15, -0.1) is 11.8 Å². The van der Waals surface area contributed by atoms with E-state index in [4.69, 9.17) is 11.6 Å². The zero-order chi connectivity index (χ0) is 25.9. The number of hydrogen-bond acceptors (Lipinski definition) is 3. The lowest BCUT2D eigenvalue weighted by molar-refractivity contribution is -0.139. The van der Waals surface area contributed by atoms with Crippen molar-refractivity contribution in [3.63, 3.8) is 0 Å². The number of halogens is 1. The molecule has 0 aliphatic carbocycles. The van der Waals surface area contributed by atoms with E-state index < -0.39 is 6.04 Å². The van der Waals surface area contributed by atoms with E-state index in [1.807, 2.05) is 99.6 Å². The summed E-state index contributed by atoms with van der Waals surface area (Å²) in [6.45, 7) is 6.45. The van der Waals surface area contributed by atoms with E-state index in [0.717, 1.165) is 28.7 Å². The van der Waals surface area contributed by atoms with Gasteiger partial charge in [0.2, 0.25) is 11.8 Å². The van der Waals surface area contributed by atoms with Crippen molar-refractivity contribution in [1.82, 2.24) is 10.2 Å². The maximum Gasteiger partial charge on any atom is 0.243 e. The van der Waals surface area contributed by atoms with Gasteiger partial charge in [-0.2, -0.15) is 0 Å².